The van der Waals surface area contributed by atoms with Gasteiger partial charge in [-0.15, -0.1) is 0 Å². The Morgan fingerprint density at radius 1 is 1.11 bits per heavy atom. The van der Waals surface area contributed by atoms with E-state index < -0.39 is 5.97 Å². The molecule has 1 amide bonds. The SMILES string of the molecule is CC(C)NC(=O)c1cc[nH]c1.O=C(O)c1cc[nH]c1. The molecule has 19 heavy (non-hydrogen) atoms. The van der Waals surface area contributed by atoms with Crippen molar-refractivity contribution in [2.45, 2.75) is 19.9 Å². The quantitative estimate of drug-likeness (QED) is 0.680. The Morgan fingerprint density at radius 2 is 1.63 bits per heavy atom. The summed E-state index contributed by atoms with van der Waals surface area (Å²) >= 11 is 0. The second-order valence-electron chi connectivity index (χ2n) is 4.13. The number of nitrogens with one attached hydrogen (secondary N) is 3. The summed E-state index contributed by atoms with van der Waals surface area (Å²) in [6, 6.07) is 3.44. The lowest BCUT2D eigenvalue weighted by atomic mass is 10.3. The van der Waals surface area contributed by atoms with Crippen LogP contribution in [0.1, 0.15) is 34.6 Å². The van der Waals surface area contributed by atoms with Gasteiger partial charge in [0.1, 0.15) is 0 Å². The number of aromatic carboxylic acids is 1. The van der Waals surface area contributed by atoms with Gasteiger partial charge >= 0.3 is 5.97 Å². The minimum absolute atomic E-state index is 0.0266. The van der Waals surface area contributed by atoms with E-state index in [9.17, 15) is 9.59 Å². The summed E-state index contributed by atoms with van der Waals surface area (Å²) in [6.45, 7) is 3.87. The average Bonchev–Trinajstić information content (AvgIpc) is 3.03. The highest BCUT2D eigenvalue weighted by atomic mass is 16.4. The second kappa shape index (κ2) is 7.05. The third kappa shape index (κ3) is 5.12. The summed E-state index contributed by atoms with van der Waals surface area (Å²) < 4.78 is 0. The predicted molar refractivity (Wildman–Crippen MR) is 71.1 cm³/mol. The Labute approximate surface area is 110 Å². The van der Waals surface area contributed by atoms with E-state index in [4.69, 9.17) is 5.11 Å². The minimum Gasteiger partial charge on any atom is -0.478 e. The van der Waals surface area contributed by atoms with Crippen molar-refractivity contribution in [3.8, 4) is 0 Å². The van der Waals surface area contributed by atoms with Crippen LogP contribution in [0.25, 0.3) is 0 Å². The molecule has 0 unspecified atom stereocenters. The second-order valence-corrected chi connectivity index (χ2v) is 4.13. The van der Waals surface area contributed by atoms with Crippen LogP contribution < -0.4 is 5.32 Å². The van der Waals surface area contributed by atoms with Gasteiger partial charge in [-0.3, -0.25) is 4.79 Å². The summed E-state index contributed by atoms with van der Waals surface area (Å²) in [5, 5.41) is 11.0. The molecule has 4 N–H and O–H groups in total. The molecule has 2 aromatic rings. The molecule has 0 saturated carbocycles. The van der Waals surface area contributed by atoms with Gasteiger partial charge in [0, 0.05) is 30.8 Å². The number of hydrogen-bond acceptors (Lipinski definition) is 2. The van der Waals surface area contributed by atoms with Crippen LogP contribution in [0.2, 0.25) is 0 Å². The zero-order valence-electron chi connectivity index (χ0n) is 10.8. The number of rotatable bonds is 3. The van der Waals surface area contributed by atoms with Crippen LogP contribution in [0.3, 0.4) is 0 Å². The summed E-state index contributed by atoms with van der Waals surface area (Å²) in [4.78, 5) is 26.7. The Bertz CT molecular complexity index is 501. The van der Waals surface area contributed by atoms with Gasteiger partial charge in [-0.25, -0.2) is 4.79 Å². The van der Waals surface area contributed by atoms with Crippen LogP contribution in [-0.2, 0) is 0 Å². The lowest BCUT2D eigenvalue weighted by Gasteiger charge is -2.05. The average molecular weight is 263 g/mol. The topological polar surface area (TPSA) is 98.0 Å². The molecular weight excluding hydrogens is 246 g/mol. The van der Waals surface area contributed by atoms with Gasteiger partial charge < -0.3 is 20.4 Å². The largest absolute Gasteiger partial charge is 0.478 e. The molecule has 2 aromatic heterocycles. The highest BCUT2D eigenvalue weighted by Gasteiger charge is 2.05. The molecule has 0 fully saturated rings. The molecule has 0 spiro atoms. The van der Waals surface area contributed by atoms with Crippen LogP contribution in [0.4, 0.5) is 0 Å². The van der Waals surface area contributed by atoms with Crippen molar-refractivity contribution in [3.05, 3.63) is 48.0 Å². The Hall–Kier alpha value is -2.50. The number of H-pyrrole nitrogens is 2. The first-order valence-electron chi connectivity index (χ1n) is 5.80. The lowest BCUT2D eigenvalue weighted by Crippen LogP contribution is -2.29. The number of carboxylic acid groups (broad SMARTS) is 1. The fourth-order valence-corrected chi connectivity index (χ4v) is 1.27. The Kier molecular flexibility index (Phi) is 5.40. The van der Waals surface area contributed by atoms with Crippen molar-refractivity contribution < 1.29 is 14.7 Å². The third-order valence-electron chi connectivity index (χ3n) is 2.12. The smallest absolute Gasteiger partial charge is 0.337 e. The Balaban J connectivity index is 0.000000200. The first-order chi connectivity index (χ1) is 9.00. The molecule has 0 aliphatic rings. The molecule has 6 nitrogen and oxygen atoms in total. The fraction of sp³-hybridized carbons (Fsp3) is 0.231. The zero-order valence-corrected chi connectivity index (χ0v) is 10.8. The molecule has 102 valence electrons. The molecule has 0 bridgehead atoms. The van der Waals surface area contributed by atoms with E-state index >= 15 is 0 Å². The van der Waals surface area contributed by atoms with E-state index in [1.807, 2.05) is 13.8 Å². The van der Waals surface area contributed by atoms with Gasteiger partial charge in [-0.05, 0) is 26.0 Å². The highest BCUT2D eigenvalue weighted by molar-refractivity contribution is 5.94. The fourth-order valence-electron chi connectivity index (χ4n) is 1.27. The minimum atomic E-state index is -0.897. The maximum Gasteiger partial charge on any atom is 0.337 e. The van der Waals surface area contributed by atoms with Crippen LogP contribution in [0, 0.1) is 0 Å². The molecule has 2 rings (SSSR count). The van der Waals surface area contributed by atoms with Crippen LogP contribution in [0.15, 0.2) is 36.9 Å². The van der Waals surface area contributed by atoms with Crippen molar-refractivity contribution in [3.63, 3.8) is 0 Å². The van der Waals surface area contributed by atoms with E-state index in [1.54, 1.807) is 24.7 Å². The van der Waals surface area contributed by atoms with Gasteiger partial charge in [-0.2, -0.15) is 0 Å². The van der Waals surface area contributed by atoms with E-state index in [2.05, 4.69) is 15.3 Å². The van der Waals surface area contributed by atoms with E-state index in [0.29, 0.717) is 11.1 Å². The molecule has 0 aliphatic heterocycles. The van der Waals surface area contributed by atoms with Crippen molar-refractivity contribution in [2.75, 3.05) is 0 Å². The van der Waals surface area contributed by atoms with Crippen LogP contribution >= 0.6 is 0 Å². The van der Waals surface area contributed by atoms with Gasteiger partial charge in [0.15, 0.2) is 0 Å². The Morgan fingerprint density at radius 3 is 1.95 bits per heavy atom. The normalized spacial score (nSPS) is 9.63. The number of carbonyl (C=O) groups is 2. The number of aromatic nitrogens is 2. The van der Waals surface area contributed by atoms with E-state index in [-0.39, 0.29) is 11.9 Å². The van der Waals surface area contributed by atoms with Gasteiger partial charge in [0.05, 0.1) is 11.1 Å². The number of carbonyl (C=O) groups excluding carboxylic acids is 1. The maximum absolute atomic E-state index is 11.2. The molecule has 0 saturated heterocycles. The molecular formula is C13H17N3O3. The van der Waals surface area contributed by atoms with Crippen molar-refractivity contribution in [1.82, 2.24) is 15.3 Å². The van der Waals surface area contributed by atoms with Gasteiger partial charge in [0.2, 0.25) is 0 Å². The lowest BCUT2D eigenvalue weighted by molar-refractivity contribution is 0.0696. The molecule has 0 radical (unpaired) electrons. The maximum atomic E-state index is 11.2. The van der Waals surface area contributed by atoms with Crippen molar-refractivity contribution in [1.29, 1.82) is 0 Å². The summed E-state index contributed by atoms with van der Waals surface area (Å²) in [7, 11) is 0. The number of amides is 1. The monoisotopic (exact) mass is 263 g/mol. The molecule has 2 heterocycles. The third-order valence-corrected chi connectivity index (χ3v) is 2.12. The van der Waals surface area contributed by atoms with E-state index in [1.165, 1.54) is 12.3 Å². The number of hydrogen-bond donors (Lipinski definition) is 4. The summed E-state index contributed by atoms with van der Waals surface area (Å²) in [5.74, 6) is -0.924. The standard InChI is InChI=1S/C8H12N2O.C5H5NO2/c1-6(2)10-8(11)7-3-4-9-5-7;7-5(8)4-1-2-6-3-4/h3-6,9H,1-2H3,(H,10,11);1-3,6H,(H,7,8). The predicted octanol–water partition coefficient (Wildman–Crippen LogP) is 1.87. The number of carboxylic acids is 1. The van der Waals surface area contributed by atoms with Crippen molar-refractivity contribution in [2.24, 2.45) is 0 Å². The van der Waals surface area contributed by atoms with Crippen LogP contribution in [0.5, 0.6) is 0 Å². The number of aromatic amines is 2. The highest BCUT2D eigenvalue weighted by Crippen LogP contribution is 1.96. The van der Waals surface area contributed by atoms with Gasteiger partial charge in [-0.1, -0.05) is 0 Å². The van der Waals surface area contributed by atoms with Crippen molar-refractivity contribution >= 4 is 11.9 Å². The van der Waals surface area contributed by atoms with E-state index in [0.717, 1.165) is 0 Å². The van der Waals surface area contributed by atoms with Crippen LogP contribution in [-0.4, -0.2) is 33.0 Å². The molecule has 0 aliphatic carbocycles. The molecule has 0 atom stereocenters. The first kappa shape index (κ1) is 14.6. The first-order valence-corrected chi connectivity index (χ1v) is 5.80. The zero-order chi connectivity index (χ0) is 14.3. The summed E-state index contributed by atoms with van der Waals surface area (Å²) in [6.07, 6.45) is 6.42. The summed E-state index contributed by atoms with van der Waals surface area (Å²) in [5.41, 5.74) is 0.976. The van der Waals surface area contributed by atoms with Gasteiger partial charge in [0.25, 0.3) is 5.91 Å². The molecule has 6 heteroatoms. The molecule has 0 aromatic carbocycles.